The minimum atomic E-state index is -0.563. The summed E-state index contributed by atoms with van der Waals surface area (Å²) >= 11 is 0. The summed E-state index contributed by atoms with van der Waals surface area (Å²) < 4.78 is 0. The average Bonchev–Trinajstić information content (AvgIpc) is 2.18. The molecule has 1 aliphatic rings. The van der Waals surface area contributed by atoms with Crippen LogP contribution in [0.4, 0.5) is 0 Å². The molecule has 2 N–H and O–H groups in total. The Bertz CT molecular complexity index is 174. The van der Waals surface area contributed by atoms with E-state index in [1.807, 2.05) is 0 Å². The van der Waals surface area contributed by atoms with Gasteiger partial charge in [-0.05, 0) is 38.5 Å². The van der Waals surface area contributed by atoms with Crippen molar-refractivity contribution >= 4 is 0 Å². The van der Waals surface area contributed by atoms with E-state index in [2.05, 4.69) is 24.3 Å². The summed E-state index contributed by atoms with van der Waals surface area (Å²) in [7, 11) is 0. The fourth-order valence-corrected chi connectivity index (χ4v) is 1.58. The predicted molar refractivity (Wildman–Crippen MR) is 58.0 cm³/mol. The largest absolute Gasteiger partial charge is 0.390 e. The van der Waals surface area contributed by atoms with Gasteiger partial charge in [-0.3, -0.25) is 0 Å². The summed E-state index contributed by atoms with van der Waals surface area (Å²) in [5.41, 5.74) is 0. The second kappa shape index (κ2) is 6.80. The van der Waals surface area contributed by atoms with Gasteiger partial charge in [-0.15, -0.1) is 0 Å². The first-order valence-corrected chi connectivity index (χ1v) is 5.47. The average molecular weight is 196 g/mol. The van der Waals surface area contributed by atoms with E-state index >= 15 is 0 Å². The third-order valence-corrected chi connectivity index (χ3v) is 2.54. The lowest BCUT2D eigenvalue weighted by Crippen LogP contribution is -2.25. The van der Waals surface area contributed by atoms with Crippen LogP contribution in [-0.2, 0) is 0 Å². The normalized spacial score (nSPS) is 35.3. The number of hydrogen-bond acceptors (Lipinski definition) is 2. The molecule has 14 heavy (non-hydrogen) atoms. The van der Waals surface area contributed by atoms with Crippen LogP contribution in [0.25, 0.3) is 0 Å². The van der Waals surface area contributed by atoms with Crippen molar-refractivity contribution in [3.05, 3.63) is 24.3 Å². The van der Waals surface area contributed by atoms with E-state index in [0.29, 0.717) is 12.8 Å². The van der Waals surface area contributed by atoms with Crippen LogP contribution >= 0.6 is 0 Å². The van der Waals surface area contributed by atoms with Gasteiger partial charge in [-0.1, -0.05) is 24.3 Å². The molecule has 0 amide bonds. The molecule has 0 spiro atoms. The lowest BCUT2D eigenvalue weighted by Gasteiger charge is -2.16. The van der Waals surface area contributed by atoms with Gasteiger partial charge in [-0.25, -0.2) is 0 Å². The van der Waals surface area contributed by atoms with Gasteiger partial charge in [0.1, 0.15) is 0 Å². The minimum absolute atomic E-state index is 0.563. The molecule has 1 rings (SSSR count). The molecule has 0 saturated heterocycles. The highest BCUT2D eigenvalue weighted by atomic mass is 16.3. The van der Waals surface area contributed by atoms with E-state index < -0.39 is 12.2 Å². The maximum Gasteiger partial charge on any atom is 0.0802 e. The van der Waals surface area contributed by atoms with Crippen LogP contribution in [0.15, 0.2) is 24.3 Å². The predicted octanol–water partition coefficient (Wildman–Crippen LogP) is 2.17. The molecule has 80 valence electrons. The smallest absolute Gasteiger partial charge is 0.0802 e. The van der Waals surface area contributed by atoms with Crippen molar-refractivity contribution in [3.63, 3.8) is 0 Å². The number of hydrogen-bond donors (Lipinski definition) is 2. The van der Waals surface area contributed by atoms with Gasteiger partial charge >= 0.3 is 0 Å². The third kappa shape index (κ3) is 4.58. The van der Waals surface area contributed by atoms with E-state index in [1.54, 1.807) is 0 Å². The summed E-state index contributed by atoms with van der Waals surface area (Å²) in [6, 6.07) is 0. The maximum absolute atomic E-state index is 9.55. The van der Waals surface area contributed by atoms with Crippen molar-refractivity contribution in [3.8, 4) is 0 Å². The first-order chi connectivity index (χ1) is 6.80. The van der Waals surface area contributed by atoms with Gasteiger partial charge in [-0.2, -0.15) is 0 Å². The van der Waals surface area contributed by atoms with Gasteiger partial charge < -0.3 is 10.2 Å². The molecular weight excluding hydrogens is 176 g/mol. The molecule has 0 heterocycles. The van der Waals surface area contributed by atoms with Crippen molar-refractivity contribution in [2.24, 2.45) is 0 Å². The van der Waals surface area contributed by atoms with Crippen LogP contribution < -0.4 is 0 Å². The van der Waals surface area contributed by atoms with Crippen molar-refractivity contribution in [1.82, 2.24) is 0 Å². The van der Waals surface area contributed by atoms with Crippen LogP contribution in [-0.4, -0.2) is 22.4 Å². The van der Waals surface area contributed by atoms with Crippen LogP contribution in [0.2, 0.25) is 0 Å². The van der Waals surface area contributed by atoms with Crippen LogP contribution in [0.3, 0.4) is 0 Å². The zero-order valence-electron chi connectivity index (χ0n) is 8.60. The molecule has 0 unspecified atom stereocenters. The molecule has 0 saturated carbocycles. The molecule has 0 fully saturated rings. The Morgan fingerprint density at radius 2 is 1.00 bits per heavy atom. The Hall–Kier alpha value is -0.600. The molecule has 0 aromatic rings. The summed E-state index contributed by atoms with van der Waals surface area (Å²) in [6.45, 7) is 0. The minimum Gasteiger partial charge on any atom is -0.390 e. The number of aliphatic hydroxyl groups is 2. The standard InChI is InChI=1S/C12H20O2/c13-11-9-7-5-3-1-2-4-6-8-10-12(11)14/h3-6,11-14H,1-2,7-10H2/b5-3-,6-4+/t11-,12-/m0/s1. The summed E-state index contributed by atoms with van der Waals surface area (Å²) in [4.78, 5) is 0. The van der Waals surface area contributed by atoms with E-state index in [4.69, 9.17) is 0 Å². The molecule has 0 aromatic carbocycles. The zero-order valence-corrected chi connectivity index (χ0v) is 8.60. The molecule has 2 heteroatoms. The molecule has 0 aromatic heterocycles. The molecule has 2 atom stereocenters. The summed E-state index contributed by atoms with van der Waals surface area (Å²) in [6.07, 6.45) is 12.6. The highest BCUT2D eigenvalue weighted by Crippen LogP contribution is 2.10. The fraction of sp³-hybridized carbons (Fsp3) is 0.667. The van der Waals surface area contributed by atoms with E-state index in [0.717, 1.165) is 25.7 Å². The second-order valence-corrected chi connectivity index (χ2v) is 3.81. The van der Waals surface area contributed by atoms with E-state index in [-0.39, 0.29) is 0 Å². The Labute approximate surface area is 86.0 Å². The van der Waals surface area contributed by atoms with Crippen molar-refractivity contribution in [2.75, 3.05) is 0 Å². The first-order valence-electron chi connectivity index (χ1n) is 5.47. The van der Waals surface area contributed by atoms with Crippen molar-refractivity contribution < 1.29 is 10.2 Å². The van der Waals surface area contributed by atoms with Gasteiger partial charge in [0.15, 0.2) is 0 Å². The van der Waals surface area contributed by atoms with Crippen LogP contribution in [0, 0.1) is 0 Å². The summed E-state index contributed by atoms with van der Waals surface area (Å²) in [5.74, 6) is 0. The first kappa shape index (κ1) is 11.5. The Balaban J connectivity index is 2.41. The lowest BCUT2D eigenvalue weighted by molar-refractivity contribution is 0.0111. The topological polar surface area (TPSA) is 40.5 Å². The second-order valence-electron chi connectivity index (χ2n) is 3.81. The zero-order chi connectivity index (χ0) is 10.2. The number of rotatable bonds is 0. The molecule has 1 aliphatic carbocycles. The Morgan fingerprint density at radius 3 is 1.43 bits per heavy atom. The molecule has 0 aliphatic heterocycles. The fourth-order valence-electron chi connectivity index (χ4n) is 1.58. The maximum atomic E-state index is 9.55. The van der Waals surface area contributed by atoms with Gasteiger partial charge in [0.25, 0.3) is 0 Å². The van der Waals surface area contributed by atoms with Gasteiger partial charge in [0.05, 0.1) is 12.2 Å². The van der Waals surface area contributed by atoms with Crippen molar-refractivity contribution in [2.45, 2.75) is 50.7 Å². The molecule has 0 radical (unpaired) electrons. The molecule has 0 bridgehead atoms. The monoisotopic (exact) mass is 196 g/mol. The third-order valence-electron chi connectivity index (χ3n) is 2.54. The Kier molecular flexibility index (Phi) is 5.57. The molecular formula is C12H20O2. The van der Waals surface area contributed by atoms with E-state index in [1.165, 1.54) is 0 Å². The van der Waals surface area contributed by atoms with Gasteiger partial charge in [0.2, 0.25) is 0 Å². The SMILES string of the molecule is O[C@H]1CC/C=C\CC/C=C/CC[C@@H]1O. The lowest BCUT2D eigenvalue weighted by atomic mass is 10.0. The van der Waals surface area contributed by atoms with E-state index in [9.17, 15) is 10.2 Å². The van der Waals surface area contributed by atoms with Crippen LogP contribution in [0.1, 0.15) is 38.5 Å². The van der Waals surface area contributed by atoms with Crippen LogP contribution in [0.5, 0.6) is 0 Å². The van der Waals surface area contributed by atoms with Gasteiger partial charge in [0, 0.05) is 0 Å². The number of allylic oxidation sites excluding steroid dienone is 4. The summed E-state index contributed by atoms with van der Waals surface area (Å²) in [5, 5.41) is 19.1. The number of aliphatic hydroxyl groups excluding tert-OH is 2. The Morgan fingerprint density at radius 1 is 0.643 bits per heavy atom. The highest BCUT2D eigenvalue weighted by Gasteiger charge is 2.14. The molecule has 2 nitrogen and oxygen atoms in total. The highest BCUT2D eigenvalue weighted by molar-refractivity contribution is 4.90. The van der Waals surface area contributed by atoms with Crippen molar-refractivity contribution in [1.29, 1.82) is 0 Å². The quantitative estimate of drug-likeness (QED) is 0.583.